The fourth-order valence-corrected chi connectivity index (χ4v) is 14.5. The number of piperidine rings is 1. The Hall–Kier alpha value is -6.44. The van der Waals surface area contributed by atoms with Crippen molar-refractivity contribution in [1.82, 2.24) is 45.0 Å². The van der Waals surface area contributed by atoms with Crippen LogP contribution in [0, 0.1) is 29.9 Å². The second-order valence-corrected chi connectivity index (χ2v) is 26.1. The molecule has 0 saturated carbocycles. The van der Waals surface area contributed by atoms with Gasteiger partial charge in [0.2, 0.25) is 17.6 Å². The first kappa shape index (κ1) is 58.3. The summed E-state index contributed by atoms with van der Waals surface area (Å²) in [6.45, 7) is 13.8. The normalized spacial score (nSPS) is 20.3. The molecule has 11 rings (SSSR count). The van der Waals surface area contributed by atoms with Crippen LogP contribution in [-0.2, 0) is 27.3 Å². The molecule has 4 fully saturated rings. The Bertz CT molecular complexity index is 3500. The van der Waals surface area contributed by atoms with E-state index in [0.717, 1.165) is 119 Å². The fraction of sp³-hybridized carbons (Fsp3) is 0.433. The smallest absolute Gasteiger partial charge is 0.246 e. The summed E-state index contributed by atoms with van der Waals surface area (Å²) < 4.78 is 70.5. The van der Waals surface area contributed by atoms with E-state index in [0.29, 0.717) is 39.8 Å². The van der Waals surface area contributed by atoms with Gasteiger partial charge in [0, 0.05) is 117 Å². The third kappa shape index (κ3) is 12.8. The van der Waals surface area contributed by atoms with Crippen molar-refractivity contribution in [3.8, 4) is 21.6 Å². The average molecular weight is 1190 g/mol. The standard InChI is InChI=1S/C60H68F3N11O6S3/c1-36-55(81-35-67-36)40-7-5-37(6-8-40)25-45-29-66-58(82-45)50-27-44(75)33-73(50)59(78)56(60(2,3)4)68-51(76)34-70-23-21-69(22-24-70)31-38-15-18-71(19-16-38)43-11-9-39(10-12-43)41-26-46-47(30-65-57(46)64-28-41)54(77)52-48(62)13-14-49(53(52)63)74(83(79)80)72-20-17-42(61)32-72/h5-14,26,28-30,35,38,42,44,50,56,75H,15-25,27,31-34H2,1-4H3,(H,64,65)(H,68,76)(H,79,80)/p-1/t42-,44-,50+,56-/m1/s1. The summed E-state index contributed by atoms with van der Waals surface area (Å²) in [5, 5.41) is 16.2. The SMILES string of the molecule is Cc1ncsc1-c1ccc(Cc2cnc([C@@H]3C[C@@H](O)CN3C(=O)[C@@H](NC(=O)CN3CCN(CC4CCN(c5ccc(-c6cnc7[nH]cc(C(=O)c8c(F)ccc(N(N9CC[C@@H](F)C9)S(=O)[O-])c8F)c7c6)cc5)CC4)CC3)C(C)(C)C)s2)cc1. The van der Waals surface area contributed by atoms with Crippen molar-refractivity contribution in [1.29, 1.82) is 0 Å². The number of aromatic amines is 1. The monoisotopic (exact) mass is 1190 g/mol. The van der Waals surface area contributed by atoms with Crippen LogP contribution < -0.4 is 14.6 Å². The number of hydrazine groups is 1. The molecule has 4 aromatic heterocycles. The van der Waals surface area contributed by atoms with Crippen LogP contribution in [0.3, 0.4) is 0 Å². The van der Waals surface area contributed by atoms with E-state index in [1.54, 1.807) is 39.8 Å². The number of thiazole rings is 2. The van der Waals surface area contributed by atoms with Crippen LogP contribution in [0.4, 0.5) is 24.5 Å². The number of benzene rings is 3. The Balaban J connectivity index is 0.645. The number of halogens is 3. The molecule has 2 amide bonds. The van der Waals surface area contributed by atoms with Crippen LogP contribution in [-0.4, -0.2) is 161 Å². The van der Waals surface area contributed by atoms with E-state index in [9.17, 15) is 32.6 Å². The Labute approximate surface area is 490 Å². The number of H-pyrrole nitrogens is 1. The summed E-state index contributed by atoms with van der Waals surface area (Å²) in [5.41, 5.74) is 5.88. The highest BCUT2D eigenvalue weighted by molar-refractivity contribution is 7.80. The van der Waals surface area contributed by atoms with Crippen LogP contribution in [0.5, 0.6) is 0 Å². The topological polar surface area (TPSA) is 198 Å². The van der Waals surface area contributed by atoms with E-state index in [-0.39, 0.29) is 50.0 Å². The second kappa shape index (κ2) is 24.6. The zero-order valence-corrected chi connectivity index (χ0v) is 49.2. The zero-order valence-electron chi connectivity index (χ0n) is 46.7. The fourth-order valence-electron chi connectivity index (χ4n) is 11.9. The number of likely N-dealkylation sites (tertiary alicyclic amines) is 1. The van der Waals surface area contributed by atoms with E-state index >= 15 is 8.78 Å². The number of nitrogens with zero attached hydrogens (tertiary/aromatic N) is 9. The summed E-state index contributed by atoms with van der Waals surface area (Å²) in [6, 6.07) is 18.8. The number of aliphatic hydroxyl groups excluding tert-OH is 1. The van der Waals surface area contributed by atoms with Gasteiger partial charge in [0.05, 0.1) is 58.1 Å². The van der Waals surface area contributed by atoms with Gasteiger partial charge in [-0.3, -0.25) is 23.5 Å². The lowest BCUT2D eigenvalue weighted by atomic mass is 9.85. The number of piperazine rings is 1. The van der Waals surface area contributed by atoms with E-state index < -0.39 is 69.7 Å². The number of rotatable bonds is 17. The summed E-state index contributed by atoms with van der Waals surface area (Å²) in [6.07, 6.45) is 5.98. The molecule has 8 heterocycles. The van der Waals surface area contributed by atoms with Gasteiger partial charge in [-0.1, -0.05) is 57.2 Å². The number of aromatic nitrogens is 4. The molecule has 4 saturated heterocycles. The molecular weight excluding hydrogens is 1120 g/mol. The van der Waals surface area contributed by atoms with Gasteiger partial charge in [-0.05, 0) is 84.5 Å². The Morgan fingerprint density at radius 3 is 2.29 bits per heavy atom. The molecular formula is C60H67F3N11O6S3-. The number of hydrogen-bond donors (Lipinski definition) is 3. The average Bonchev–Trinajstić information content (AvgIpc) is 4.27. The van der Waals surface area contributed by atoms with Crippen molar-refractivity contribution < 1.29 is 41.4 Å². The van der Waals surface area contributed by atoms with Gasteiger partial charge in [0.1, 0.15) is 34.4 Å². The maximum Gasteiger partial charge on any atom is 0.246 e. The Morgan fingerprint density at radius 2 is 1.61 bits per heavy atom. The number of β-amino-alcohol motifs (C(OH)–C–C–N with tert-alkyl or cyclic N) is 1. The van der Waals surface area contributed by atoms with Crippen LogP contribution in [0.15, 0.2) is 90.8 Å². The predicted molar refractivity (Wildman–Crippen MR) is 315 cm³/mol. The number of ketones is 1. The van der Waals surface area contributed by atoms with Crippen LogP contribution in [0.25, 0.3) is 32.6 Å². The molecule has 0 spiro atoms. The summed E-state index contributed by atoms with van der Waals surface area (Å²) in [5.74, 6) is -3.46. The van der Waals surface area contributed by atoms with Crippen LogP contribution in [0.2, 0.25) is 0 Å². The van der Waals surface area contributed by atoms with Crippen molar-refractivity contribution in [2.24, 2.45) is 11.3 Å². The lowest BCUT2D eigenvalue weighted by molar-refractivity contribution is -0.141. The quantitative estimate of drug-likeness (QED) is 0.0581. The number of pyridine rings is 1. The number of fused-ring (bicyclic) bond motifs is 1. The molecule has 4 aliphatic heterocycles. The molecule has 5 atom stereocenters. The molecule has 438 valence electrons. The number of aryl methyl sites for hydroxylation is 1. The third-order valence-corrected chi connectivity index (χ3v) is 19.3. The summed E-state index contributed by atoms with van der Waals surface area (Å²) in [7, 11) is 0. The van der Waals surface area contributed by atoms with Gasteiger partial charge in [-0.25, -0.2) is 37.5 Å². The van der Waals surface area contributed by atoms with E-state index in [2.05, 4.69) is 59.2 Å². The molecule has 83 heavy (non-hydrogen) atoms. The first-order chi connectivity index (χ1) is 39.8. The Kier molecular flexibility index (Phi) is 17.3. The molecule has 4 aliphatic rings. The van der Waals surface area contributed by atoms with Crippen molar-refractivity contribution in [3.05, 3.63) is 135 Å². The molecule has 0 bridgehead atoms. The molecule has 3 aromatic carbocycles. The number of carbonyl (C=O) groups excluding carboxylic acids is 3. The summed E-state index contributed by atoms with van der Waals surface area (Å²) >= 11 is 0.111. The molecule has 0 radical (unpaired) electrons. The summed E-state index contributed by atoms with van der Waals surface area (Å²) in [4.78, 5) is 69.6. The van der Waals surface area contributed by atoms with Crippen molar-refractivity contribution in [2.75, 3.05) is 81.3 Å². The number of amides is 2. The van der Waals surface area contributed by atoms with Crippen molar-refractivity contribution >= 4 is 73.9 Å². The molecule has 17 nitrogen and oxygen atoms in total. The predicted octanol–water partition coefficient (Wildman–Crippen LogP) is 8.48. The first-order valence-corrected chi connectivity index (χ1v) is 30.9. The largest absolute Gasteiger partial charge is 0.754 e. The minimum absolute atomic E-state index is 0.00943. The highest BCUT2D eigenvalue weighted by Crippen LogP contribution is 2.39. The van der Waals surface area contributed by atoms with E-state index in [1.807, 2.05) is 63.7 Å². The minimum atomic E-state index is -3.08. The highest BCUT2D eigenvalue weighted by atomic mass is 32.2. The number of hydrogen-bond acceptors (Lipinski definition) is 15. The Morgan fingerprint density at radius 1 is 0.892 bits per heavy atom. The van der Waals surface area contributed by atoms with E-state index in [4.69, 9.17) is 4.98 Å². The number of alkyl halides is 1. The lowest BCUT2D eigenvalue weighted by Crippen LogP contribution is -2.57. The number of nitrogens with one attached hydrogen (secondary N) is 2. The van der Waals surface area contributed by atoms with Crippen LogP contribution >= 0.6 is 22.7 Å². The van der Waals surface area contributed by atoms with Crippen LogP contribution in [0.1, 0.15) is 89.6 Å². The highest BCUT2D eigenvalue weighted by Gasteiger charge is 2.44. The minimum Gasteiger partial charge on any atom is -0.754 e. The number of aliphatic hydroxyl groups is 1. The maximum absolute atomic E-state index is 16.1. The van der Waals surface area contributed by atoms with Gasteiger partial charge in [-0.15, -0.1) is 22.7 Å². The molecule has 3 N–H and O–H groups in total. The van der Waals surface area contributed by atoms with E-state index in [1.165, 1.54) is 6.20 Å². The zero-order chi connectivity index (χ0) is 58.3. The van der Waals surface area contributed by atoms with Gasteiger partial charge in [0.25, 0.3) is 0 Å². The molecule has 7 aromatic rings. The lowest BCUT2D eigenvalue weighted by Gasteiger charge is -2.39. The third-order valence-electron chi connectivity index (χ3n) is 16.5. The van der Waals surface area contributed by atoms with Gasteiger partial charge in [0.15, 0.2) is 5.82 Å². The van der Waals surface area contributed by atoms with Crippen molar-refractivity contribution in [2.45, 2.75) is 84.2 Å². The first-order valence-electron chi connectivity index (χ1n) is 28.2. The molecule has 0 aliphatic carbocycles. The van der Waals surface area contributed by atoms with Gasteiger partial charge in [-0.2, -0.15) is 0 Å². The van der Waals surface area contributed by atoms with Gasteiger partial charge >= 0.3 is 0 Å². The second-order valence-electron chi connectivity index (χ2n) is 23.3. The number of carbonyl (C=O) groups is 3. The number of anilines is 2. The molecule has 1 unspecified atom stereocenters. The van der Waals surface area contributed by atoms with Gasteiger partial charge < -0.3 is 34.7 Å². The maximum atomic E-state index is 16.1. The molecule has 23 heteroatoms. The van der Waals surface area contributed by atoms with Crippen molar-refractivity contribution in [3.63, 3.8) is 0 Å².